The van der Waals surface area contributed by atoms with E-state index in [4.69, 9.17) is 11.6 Å². The summed E-state index contributed by atoms with van der Waals surface area (Å²) in [4.78, 5) is 40.4. The van der Waals surface area contributed by atoms with Gasteiger partial charge in [-0.25, -0.2) is 9.97 Å². The average Bonchev–Trinajstić information content (AvgIpc) is 3.14. The van der Waals surface area contributed by atoms with Crippen LogP contribution in [-0.4, -0.2) is 30.2 Å². The van der Waals surface area contributed by atoms with Crippen LogP contribution < -0.4 is 10.9 Å². The maximum atomic E-state index is 12.5. The molecule has 0 bridgehead atoms. The minimum Gasteiger partial charge on any atom is -0.350 e. The van der Waals surface area contributed by atoms with Crippen LogP contribution in [0.25, 0.3) is 17.0 Å². The van der Waals surface area contributed by atoms with Gasteiger partial charge >= 0.3 is 0 Å². The summed E-state index contributed by atoms with van der Waals surface area (Å²) in [5.74, 6) is 0.321. The van der Waals surface area contributed by atoms with Gasteiger partial charge in [0.05, 0.1) is 17.3 Å². The predicted octanol–water partition coefficient (Wildman–Crippen LogP) is 2.69. The fraction of sp³-hybridized carbons (Fsp3) is 0.190. The van der Waals surface area contributed by atoms with Gasteiger partial charge in [-0.15, -0.1) is 0 Å². The number of rotatable bonds is 6. The van der Waals surface area contributed by atoms with Crippen LogP contribution in [0.2, 0.25) is 5.02 Å². The lowest BCUT2D eigenvalue weighted by Gasteiger charge is -2.08. The van der Waals surface area contributed by atoms with E-state index in [0.717, 1.165) is 16.9 Å². The van der Waals surface area contributed by atoms with E-state index in [2.05, 4.69) is 25.3 Å². The summed E-state index contributed by atoms with van der Waals surface area (Å²) >= 11 is 5.97. The first kappa shape index (κ1) is 19.8. The molecular formula is C21H19ClN6O2. The summed E-state index contributed by atoms with van der Waals surface area (Å²) in [5, 5.41) is 3.44. The lowest BCUT2D eigenvalue weighted by atomic mass is 10.1. The molecule has 0 radical (unpaired) electrons. The normalized spacial score (nSPS) is 11.0. The molecule has 0 fully saturated rings. The van der Waals surface area contributed by atoms with Crippen molar-refractivity contribution in [2.45, 2.75) is 26.3 Å². The molecule has 30 heavy (non-hydrogen) atoms. The van der Waals surface area contributed by atoms with Crippen LogP contribution in [-0.2, 0) is 17.8 Å². The fourth-order valence-corrected chi connectivity index (χ4v) is 3.34. The molecule has 0 aliphatic heterocycles. The minimum absolute atomic E-state index is 0.165. The highest BCUT2D eigenvalue weighted by atomic mass is 35.5. The van der Waals surface area contributed by atoms with Crippen LogP contribution in [0.1, 0.15) is 23.4 Å². The van der Waals surface area contributed by atoms with Gasteiger partial charge in [-0.05, 0) is 37.6 Å². The van der Waals surface area contributed by atoms with Gasteiger partial charge in [0, 0.05) is 48.0 Å². The summed E-state index contributed by atoms with van der Waals surface area (Å²) in [6.45, 7) is 2.07. The second kappa shape index (κ2) is 8.46. The van der Waals surface area contributed by atoms with Gasteiger partial charge in [0.2, 0.25) is 5.91 Å². The number of pyridine rings is 2. The number of nitrogens with zero attached hydrogens (tertiary/aromatic N) is 4. The van der Waals surface area contributed by atoms with Crippen LogP contribution in [0, 0.1) is 6.92 Å². The SMILES string of the molecule is Cc1nc(-c2ccncc2)[nH]c(=O)c1CCC(=O)NCc1cn2cc(Cl)ccc2n1. The predicted molar refractivity (Wildman–Crippen MR) is 113 cm³/mol. The first-order valence-electron chi connectivity index (χ1n) is 9.39. The Bertz CT molecular complexity index is 1270. The third kappa shape index (κ3) is 4.38. The number of aromatic nitrogens is 5. The van der Waals surface area contributed by atoms with Crippen LogP contribution >= 0.6 is 11.6 Å². The lowest BCUT2D eigenvalue weighted by molar-refractivity contribution is -0.121. The maximum absolute atomic E-state index is 12.5. The van der Waals surface area contributed by atoms with Gasteiger partial charge in [-0.1, -0.05) is 11.6 Å². The van der Waals surface area contributed by atoms with Crippen LogP contribution in [0.4, 0.5) is 0 Å². The Balaban J connectivity index is 1.38. The summed E-state index contributed by atoms with van der Waals surface area (Å²) in [7, 11) is 0. The minimum atomic E-state index is -0.237. The van der Waals surface area contributed by atoms with E-state index in [9.17, 15) is 9.59 Å². The topological polar surface area (TPSA) is 105 Å². The van der Waals surface area contributed by atoms with Crippen molar-refractivity contribution in [3.05, 3.63) is 81.4 Å². The van der Waals surface area contributed by atoms with Gasteiger partial charge in [-0.3, -0.25) is 14.6 Å². The zero-order valence-corrected chi connectivity index (χ0v) is 17.0. The molecule has 0 aliphatic rings. The number of aryl methyl sites for hydroxylation is 1. The number of hydrogen-bond acceptors (Lipinski definition) is 5. The molecule has 4 rings (SSSR count). The number of aromatic amines is 1. The van der Waals surface area contributed by atoms with E-state index in [0.29, 0.717) is 35.1 Å². The number of H-pyrrole nitrogens is 1. The van der Waals surface area contributed by atoms with Crippen molar-refractivity contribution in [1.29, 1.82) is 0 Å². The molecular weight excluding hydrogens is 404 g/mol. The number of nitrogens with one attached hydrogen (secondary N) is 2. The molecule has 0 saturated heterocycles. The largest absolute Gasteiger partial charge is 0.350 e. The zero-order chi connectivity index (χ0) is 21.1. The van der Waals surface area contributed by atoms with E-state index in [1.54, 1.807) is 43.7 Å². The van der Waals surface area contributed by atoms with Gasteiger partial charge < -0.3 is 14.7 Å². The molecule has 4 aromatic heterocycles. The molecule has 0 unspecified atom stereocenters. The Morgan fingerprint density at radius 1 is 1.17 bits per heavy atom. The van der Waals surface area contributed by atoms with E-state index in [-0.39, 0.29) is 17.9 Å². The van der Waals surface area contributed by atoms with Crippen LogP contribution in [0.3, 0.4) is 0 Å². The van der Waals surface area contributed by atoms with Gasteiger partial charge in [-0.2, -0.15) is 0 Å². The summed E-state index contributed by atoms with van der Waals surface area (Å²) in [6.07, 6.45) is 7.34. The summed E-state index contributed by atoms with van der Waals surface area (Å²) < 4.78 is 1.81. The molecule has 4 heterocycles. The molecule has 0 atom stereocenters. The maximum Gasteiger partial charge on any atom is 0.254 e. The number of carbonyl (C=O) groups excluding carboxylic acids is 1. The third-order valence-electron chi connectivity index (χ3n) is 4.71. The molecule has 0 saturated carbocycles. The molecule has 8 nitrogen and oxygen atoms in total. The van der Waals surface area contributed by atoms with Crippen LogP contribution in [0.5, 0.6) is 0 Å². The molecule has 152 valence electrons. The van der Waals surface area contributed by atoms with Crippen molar-refractivity contribution in [2.75, 3.05) is 0 Å². The highest BCUT2D eigenvalue weighted by Crippen LogP contribution is 2.14. The van der Waals surface area contributed by atoms with Gasteiger partial charge in [0.15, 0.2) is 0 Å². The van der Waals surface area contributed by atoms with E-state index < -0.39 is 0 Å². The smallest absolute Gasteiger partial charge is 0.254 e. The molecule has 0 aliphatic carbocycles. The van der Waals surface area contributed by atoms with Crippen LogP contribution in [0.15, 0.2) is 53.8 Å². The van der Waals surface area contributed by atoms with E-state index >= 15 is 0 Å². The summed E-state index contributed by atoms with van der Waals surface area (Å²) in [6, 6.07) is 7.13. The number of carbonyl (C=O) groups is 1. The van der Waals surface area contributed by atoms with Crippen molar-refractivity contribution >= 4 is 23.2 Å². The number of hydrogen-bond donors (Lipinski definition) is 2. The van der Waals surface area contributed by atoms with Crippen molar-refractivity contribution in [3.8, 4) is 11.4 Å². The molecule has 2 N–H and O–H groups in total. The highest BCUT2D eigenvalue weighted by molar-refractivity contribution is 6.30. The Labute approximate surface area is 177 Å². The highest BCUT2D eigenvalue weighted by Gasteiger charge is 2.12. The summed E-state index contributed by atoms with van der Waals surface area (Å²) in [5.41, 5.74) is 3.14. The number of fused-ring (bicyclic) bond motifs is 1. The standard InChI is InChI=1S/C21H19ClN6O2/c1-13-17(21(30)27-20(25-13)14-6-8-23-9-7-14)3-5-19(29)24-10-16-12-28-11-15(22)2-4-18(28)26-16/h2,4,6-9,11-12H,3,5,10H2,1H3,(H,24,29)(H,25,27,30). The third-order valence-corrected chi connectivity index (χ3v) is 4.93. The van der Waals surface area contributed by atoms with Crippen molar-refractivity contribution in [1.82, 2.24) is 29.7 Å². The van der Waals surface area contributed by atoms with Gasteiger partial charge in [0.1, 0.15) is 11.5 Å². The Hall–Kier alpha value is -3.52. The zero-order valence-electron chi connectivity index (χ0n) is 16.2. The average molecular weight is 423 g/mol. The Kier molecular flexibility index (Phi) is 5.58. The molecule has 0 aromatic carbocycles. The number of halogens is 1. The fourth-order valence-electron chi connectivity index (χ4n) is 3.17. The Morgan fingerprint density at radius 3 is 2.73 bits per heavy atom. The van der Waals surface area contributed by atoms with Crippen molar-refractivity contribution in [3.63, 3.8) is 0 Å². The quantitative estimate of drug-likeness (QED) is 0.497. The molecule has 1 amide bonds. The lowest BCUT2D eigenvalue weighted by Crippen LogP contribution is -2.25. The Morgan fingerprint density at radius 2 is 1.97 bits per heavy atom. The first-order chi connectivity index (χ1) is 14.5. The van der Waals surface area contributed by atoms with Crippen molar-refractivity contribution < 1.29 is 4.79 Å². The van der Waals surface area contributed by atoms with E-state index in [1.807, 2.05) is 16.7 Å². The second-order valence-electron chi connectivity index (χ2n) is 6.84. The molecule has 9 heteroatoms. The van der Waals surface area contributed by atoms with E-state index in [1.165, 1.54) is 0 Å². The van der Waals surface area contributed by atoms with Gasteiger partial charge in [0.25, 0.3) is 5.56 Å². The molecule has 0 spiro atoms. The second-order valence-corrected chi connectivity index (χ2v) is 7.27. The van der Waals surface area contributed by atoms with Crippen molar-refractivity contribution in [2.24, 2.45) is 0 Å². The molecule has 4 aromatic rings. The first-order valence-corrected chi connectivity index (χ1v) is 9.77. The number of amides is 1. The monoisotopic (exact) mass is 422 g/mol. The number of imidazole rings is 1.